The summed E-state index contributed by atoms with van der Waals surface area (Å²) < 4.78 is 2.39. The molecule has 0 aliphatic carbocycles. The number of hydrogen-bond acceptors (Lipinski definition) is 3. The summed E-state index contributed by atoms with van der Waals surface area (Å²) in [6, 6.07) is 12.9. The maximum absolute atomic E-state index is 4.54. The Bertz CT molecular complexity index is 765. The third-order valence-corrected chi connectivity index (χ3v) is 5.20. The molecule has 1 aromatic carbocycles. The van der Waals surface area contributed by atoms with Crippen molar-refractivity contribution in [3.05, 3.63) is 58.9 Å². The van der Waals surface area contributed by atoms with Gasteiger partial charge < -0.3 is 17.0 Å². The first-order valence-electron chi connectivity index (χ1n) is 8.40. The molecule has 134 valence electrons. The van der Waals surface area contributed by atoms with Crippen molar-refractivity contribution in [2.24, 2.45) is 10.1 Å². The van der Waals surface area contributed by atoms with E-state index in [1.165, 1.54) is 22.5 Å². The number of rotatable bonds is 5. The lowest BCUT2D eigenvalue weighted by atomic mass is 10.1. The van der Waals surface area contributed by atoms with Gasteiger partial charge >= 0.3 is 0 Å². The number of thioether (sulfide) groups is 1. The van der Waals surface area contributed by atoms with Crippen LogP contribution in [0.1, 0.15) is 29.4 Å². The van der Waals surface area contributed by atoms with Gasteiger partial charge in [0.1, 0.15) is 0 Å². The highest BCUT2D eigenvalue weighted by atomic mass is 35.5. The molecular weight excluding hydrogens is 352 g/mol. The molecule has 0 atom stereocenters. The van der Waals surface area contributed by atoms with Crippen molar-refractivity contribution >= 4 is 22.6 Å². The molecule has 1 aromatic heterocycles. The van der Waals surface area contributed by atoms with Crippen LogP contribution in [0.15, 0.2) is 46.5 Å². The minimum atomic E-state index is 0. The molecule has 3 rings (SSSR count). The molecule has 4 nitrogen and oxygen atoms in total. The highest BCUT2D eigenvalue weighted by molar-refractivity contribution is 8.14. The normalized spacial score (nSPS) is 15.5. The van der Waals surface area contributed by atoms with Crippen LogP contribution in [0.25, 0.3) is 0 Å². The van der Waals surface area contributed by atoms with Gasteiger partial charge in [0.25, 0.3) is 0 Å². The maximum atomic E-state index is 4.54. The zero-order chi connectivity index (χ0) is 16.9. The Morgan fingerprint density at radius 3 is 2.64 bits per heavy atom. The molecule has 25 heavy (non-hydrogen) atoms. The van der Waals surface area contributed by atoms with Gasteiger partial charge in [-0.25, -0.2) is 0 Å². The fraction of sp³-hybridized carbons (Fsp3) is 0.368. The van der Waals surface area contributed by atoms with Crippen molar-refractivity contribution in [1.82, 2.24) is 9.99 Å². The smallest absolute Gasteiger partial charge is 0.177 e. The molecule has 0 saturated heterocycles. The summed E-state index contributed by atoms with van der Waals surface area (Å²) in [6.45, 7) is 8.19. The van der Waals surface area contributed by atoms with Crippen LogP contribution in [0.2, 0.25) is 0 Å². The van der Waals surface area contributed by atoms with Crippen molar-refractivity contribution in [2.45, 2.75) is 33.7 Å². The van der Waals surface area contributed by atoms with E-state index in [9.17, 15) is 0 Å². The van der Waals surface area contributed by atoms with Crippen molar-refractivity contribution < 1.29 is 12.4 Å². The van der Waals surface area contributed by atoms with Gasteiger partial charge in [-0.2, -0.15) is 5.10 Å². The van der Waals surface area contributed by atoms with Crippen LogP contribution >= 0.6 is 11.8 Å². The molecule has 2 heterocycles. The van der Waals surface area contributed by atoms with Crippen LogP contribution in [-0.4, -0.2) is 27.7 Å². The number of nitrogens with zero attached hydrogens (tertiary/aromatic N) is 3. The van der Waals surface area contributed by atoms with E-state index in [1.54, 1.807) is 11.8 Å². The summed E-state index contributed by atoms with van der Waals surface area (Å²) in [7, 11) is 0. The summed E-state index contributed by atoms with van der Waals surface area (Å²) in [5.74, 6) is 0.870. The minimum Gasteiger partial charge on any atom is -1.00 e. The second kappa shape index (κ2) is 9.11. The molecule has 0 saturated carbocycles. The number of hydrazone groups is 1. The lowest BCUT2D eigenvalue weighted by Crippen LogP contribution is -3.00. The molecular formula is C19H24ClN4S-. The van der Waals surface area contributed by atoms with E-state index >= 15 is 0 Å². The predicted octanol–water partition coefficient (Wildman–Crippen LogP) is 0.768. The van der Waals surface area contributed by atoms with Crippen molar-refractivity contribution in [3.63, 3.8) is 0 Å². The number of aliphatic imine (C=N–C) groups is 1. The Morgan fingerprint density at radius 1 is 1.24 bits per heavy atom. The first-order valence-corrected chi connectivity index (χ1v) is 9.38. The molecule has 6 heteroatoms. The monoisotopic (exact) mass is 375 g/mol. The fourth-order valence-electron chi connectivity index (χ4n) is 3.00. The number of aromatic nitrogens is 1. The number of amidine groups is 1. The third-order valence-electron chi connectivity index (χ3n) is 4.29. The Labute approximate surface area is 160 Å². The largest absolute Gasteiger partial charge is 1.00 e. The van der Waals surface area contributed by atoms with Gasteiger partial charge in [-0.1, -0.05) is 42.1 Å². The first kappa shape index (κ1) is 19.6. The van der Waals surface area contributed by atoms with E-state index in [2.05, 4.69) is 70.3 Å². The van der Waals surface area contributed by atoms with Crippen LogP contribution in [0.3, 0.4) is 0 Å². The third kappa shape index (κ3) is 4.67. The number of aryl methyl sites for hydroxylation is 2. The molecule has 0 spiro atoms. The van der Waals surface area contributed by atoms with Gasteiger partial charge in [-0.05, 0) is 38.8 Å². The average Bonchev–Trinajstić information content (AvgIpc) is 2.89. The van der Waals surface area contributed by atoms with E-state index in [1.807, 2.05) is 6.92 Å². The summed E-state index contributed by atoms with van der Waals surface area (Å²) >= 11 is 1.72. The minimum absolute atomic E-state index is 0. The van der Waals surface area contributed by atoms with Gasteiger partial charge in [0.2, 0.25) is 0 Å². The van der Waals surface area contributed by atoms with Crippen LogP contribution < -0.4 is 17.8 Å². The fourth-order valence-corrected chi connectivity index (χ4v) is 3.83. The second-order valence-corrected chi connectivity index (χ2v) is 6.87. The van der Waals surface area contributed by atoms with E-state index in [-0.39, 0.29) is 12.4 Å². The highest BCUT2D eigenvalue weighted by Crippen LogP contribution is 2.21. The predicted molar refractivity (Wildman–Crippen MR) is 104 cm³/mol. The van der Waals surface area contributed by atoms with E-state index in [4.69, 9.17) is 0 Å². The lowest BCUT2D eigenvalue weighted by Gasteiger charge is -2.15. The quantitative estimate of drug-likeness (QED) is 0.838. The SMILES string of the molecule is CCN=C1NN=C(c2cc(C)n(CCc3ccccc3)c2C)CS1.[Cl-]. The zero-order valence-electron chi connectivity index (χ0n) is 14.9. The van der Waals surface area contributed by atoms with Crippen molar-refractivity contribution in [2.75, 3.05) is 12.3 Å². The van der Waals surface area contributed by atoms with Gasteiger partial charge in [0.05, 0.1) is 5.71 Å². The summed E-state index contributed by atoms with van der Waals surface area (Å²) in [5.41, 5.74) is 9.38. The zero-order valence-corrected chi connectivity index (χ0v) is 16.5. The van der Waals surface area contributed by atoms with Gasteiger partial charge in [0, 0.05) is 35.8 Å². The van der Waals surface area contributed by atoms with Crippen LogP contribution in [0.4, 0.5) is 0 Å². The van der Waals surface area contributed by atoms with Crippen molar-refractivity contribution in [3.8, 4) is 0 Å². The molecule has 0 amide bonds. The first-order chi connectivity index (χ1) is 11.7. The van der Waals surface area contributed by atoms with E-state index in [0.717, 1.165) is 36.1 Å². The highest BCUT2D eigenvalue weighted by Gasteiger charge is 2.18. The van der Waals surface area contributed by atoms with E-state index in [0.29, 0.717) is 0 Å². The van der Waals surface area contributed by atoms with Crippen LogP contribution in [0.5, 0.6) is 0 Å². The lowest BCUT2D eigenvalue weighted by molar-refractivity contribution is -0.00000513. The van der Waals surface area contributed by atoms with Crippen molar-refractivity contribution in [1.29, 1.82) is 0 Å². The topological polar surface area (TPSA) is 41.7 Å². The standard InChI is InChI=1S/C19H24N4S.ClH/c1-4-20-19-22-21-18(13-24-19)17-12-14(2)23(15(17)3)11-10-16-8-6-5-7-9-16;/h5-9,12H,4,10-11,13H2,1-3H3,(H,20,22);1H/p-1. The summed E-state index contributed by atoms with van der Waals surface area (Å²) in [5, 5.41) is 5.45. The Kier molecular flexibility index (Phi) is 7.14. The molecule has 0 radical (unpaired) electrons. The Hall–Kier alpha value is -1.72. The van der Waals surface area contributed by atoms with Crippen LogP contribution in [0, 0.1) is 13.8 Å². The number of nitrogens with one attached hydrogen (secondary N) is 1. The van der Waals surface area contributed by atoms with Gasteiger partial charge in [-0.3, -0.25) is 10.4 Å². The van der Waals surface area contributed by atoms with Gasteiger partial charge in [0.15, 0.2) is 5.17 Å². The molecule has 0 unspecified atom stereocenters. The number of hydrogen-bond donors (Lipinski definition) is 1. The molecule has 2 aromatic rings. The second-order valence-electron chi connectivity index (χ2n) is 5.91. The molecule has 1 aliphatic rings. The summed E-state index contributed by atoms with van der Waals surface area (Å²) in [6.07, 6.45) is 1.05. The number of benzene rings is 1. The molecule has 0 bridgehead atoms. The van der Waals surface area contributed by atoms with E-state index < -0.39 is 0 Å². The Balaban J connectivity index is 0.00000225. The number of halogens is 1. The molecule has 1 N–H and O–H groups in total. The van der Waals surface area contributed by atoms with Gasteiger partial charge in [-0.15, -0.1) is 0 Å². The van der Waals surface area contributed by atoms with Crippen LogP contribution in [-0.2, 0) is 13.0 Å². The maximum Gasteiger partial charge on any atom is 0.177 e. The summed E-state index contributed by atoms with van der Waals surface area (Å²) in [4.78, 5) is 4.38. The Morgan fingerprint density at radius 2 is 2.00 bits per heavy atom. The molecule has 1 aliphatic heterocycles. The molecule has 0 fully saturated rings. The average molecular weight is 376 g/mol.